The predicted molar refractivity (Wildman–Crippen MR) is 102 cm³/mol. The Morgan fingerprint density at radius 3 is 2.89 bits per heavy atom. The lowest BCUT2D eigenvalue weighted by Crippen LogP contribution is -2.37. The largest absolute Gasteiger partial charge is 0.486 e. The molecule has 0 aliphatic carbocycles. The van der Waals surface area contributed by atoms with E-state index in [1.54, 1.807) is 13.2 Å². The van der Waals surface area contributed by atoms with Gasteiger partial charge in [0, 0.05) is 42.8 Å². The Balaban J connectivity index is 1.43. The molecule has 9 heteroatoms. The van der Waals surface area contributed by atoms with Crippen molar-refractivity contribution in [1.82, 2.24) is 30.2 Å². The van der Waals surface area contributed by atoms with E-state index in [4.69, 9.17) is 16.3 Å². The Morgan fingerprint density at radius 1 is 1.33 bits per heavy atom. The van der Waals surface area contributed by atoms with E-state index in [9.17, 15) is 4.79 Å². The van der Waals surface area contributed by atoms with Gasteiger partial charge in [0.1, 0.15) is 18.1 Å². The van der Waals surface area contributed by atoms with Crippen molar-refractivity contribution in [1.29, 1.82) is 0 Å². The molecule has 2 aromatic heterocycles. The summed E-state index contributed by atoms with van der Waals surface area (Å²) in [7, 11) is 1.76. The number of amides is 2. The number of nitrogens with zero attached hydrogens (tertiary/aromatic N) is 4. The summed E-state index contributed by atoms with van der Waals surface area (Å²) in [6.45, 7) is 2.40. The molecule has 2 amide bonds. The number of benzene rings is 1. The van der Waals surface area contributed by atoms with Crippen molar-refractivity contribution in [2.45, 2.75) is 26.0 Å². The number of carbonyl (C=O) groups excluding carboxylic acids is 1. The Kier molecular flexibility index (Phi) is 4.89. The molecule has 3 aromatic rings. The molecule has 1 fully saturated rings. The molecule has 1 saturated heterocycles. The molecule has 0 atom stereocenters. The summed E-state index contributed by atoms with van der Waals surface area (Å²) in [6.07, 6.45) is 3.81. The zero-order valence-corrected chi connectivity index (χ0v) is 15.8. The smallest absolute Gasteiger partial charge is 0.317 e. The minimum Gasteiger partial charge on any atom is -0.486 e. The fraction of sp³-hybridized carbons (Fsp3) is 0.389. The van der Waals surface area contributed by atoms with Crippen LogP contribution in [0.2, 0.25) is 5.02 Å². The Bertz CT molecular complexity index is 960. The van der Waals surface area contributed by atoms with Crippen LogP contribution in [0.1, 0.15) is 24.2 Å². The fourth-order valence-electron chi connectivity index (χ4n) is 3.21. The molecule has 0 radical (unpaired) electrons. The SMILES string of the molecule is Cn1ncc(COc2cc3[nH]c(CNC(=O)N4CCCC4)cc3cc2Cl)n1. The molecule has 27 heavy (non-hydrogen) atoms. The minimum atomic E-state index is -0.0165. The molecule has 0 spiro atoms. The van der Waals surface area contributed by atoms with Crippen LogP contribution in [-0.2, 0) is 20.2 Å². The first-order chi connectivity index (χ1) is 13.1. The Morgan fingerprint density at radius 2 is 2.15 bits per heavy atom. The number of aromatic nitrogens is 4. The van der Waals surface area contributed by atoms with E-state index in [0.29, 0.717) is 23.9 Å². The lowest BCUT2D eigenvalue weighted by molar-refractivity contribution is 0.208. The van der Waals surface area contributed by atoms with Crippen LogP contribution in [0.15, 0.2) is 24.4 Å². The number of rotatable bonds is 5. The van der Waals surface area contributed by atoms with E-state index in [1.807, 2.05) is 23.1 Å². The molecule has 0 saturated carbocycles. The third-order valence-electron chi connectivity index (χ3n) is 4.57. The van der Waals surface area contributed by atoms with E-state index in [-0.39, 0.29) is 6.03 Å². The van der Waals surface area contributed by atoms with Crippen molar-refractivity contribution >= 4 is 28.5 Å². The van der Waals surface area contributed by atoms with Gasteiger partial charge in [-0.2, -0.15) is 15.0 Å². The van der Waals surface area contributed by atoms with E-state index in [0.717, 1.165) is 48.2 Å². The summed E-state index contributed by atoms with van der Waals surface area (Å²) in [5.74, 6) is 0.573. The molecule has 1 aliphatic rings. The van der Waals surface area contributed by atoms with Gasteiger partial charge in [0.2, 0.25) is 0 Å². The van der Waals surface area contributed by atoms with Crippen molar-refractivity contribution in [2.75, 3.05) is 13.1 Å². The van der Waals surface area contributed by atoms with Crippen LogP contribution in [0.25, 0.3) is 10.9 Å². The van der Waals surface area contributed by atoms with Crippen LogP contribution in [-0.4, -0.2) is 44.0 Å². The van der Waals surface area contributed by atoms with Gasteiger partial charge in [-0.1, -0.05) is 11.6 Å². The second kappa shape index (κ2) is 7.48. The van der Waals surface area contributed by atoms with E-state index in [1.165, 1.54) is 4.80 Å². The molecular formula is C18H21ClN6O2. The van der Waals surface area contributed by atoms with Gasteiger partial charge in [0.05, 0.1) is 17.8 Å². The summed E-state index contributed by atoms with van der Waals surface area (Å²) in [5, 5.41) is 12.6. The second-order valence-corrected chi connectivity index (χ2v) is 7.04. The highest BCUT2D eigenvalue weighted by molar-refractivity contribution is 6.32. The van der Waals surface area contributed by atoms with Gasteiger partial charge in [0.25, 0.3) is 0 Å². The number of likely N-dealkylation sites (tertiary alicyclic amines) is 1. The number of fused-ring (bicyclic) bond motifs is 1. The average Bonchev–Trinajstić information content (AvgIpc) is 3.38. The van der Waals surface area contributed by atoms with Crippen LogP contribution in [0, 0.1) is 0 Å². The van der Waals surface area contributed by atoms with Crippen LogP contribution >= 0.6 is 11.6 Å². The van der Waals surface area contributed by atoms with Gasteiger partial charge >= 0.3 is 6.03 Å². The predicted octanol–water partition coefficient (Wildman–Crippen LogP) is 2.83. The minimum absolute atomic E-state index is 0.0165. The third-order valence-corrected chi connectivity index (χ3v) is 4.87. The highest BCUT2D eigenvalue weighted by Gasteiger charge is 2.17. The van der Waals surface area contributed by atoms with Crippen molar-refractivity contribution < 1.29 is 9.53 Å². The molecule has 1 aromatic carbocycles. The first kappa shape index (κ1) is 17.7. The number of halogens is 1. The van der Waals surface area contributed by atoms with Crippen molar-refractivity contribution in [2.24, 2.45) is 7.05 Å². The quantitative estimate of drug-likeness (QED) is 0.703. The molecule has 0 bridgehead atoms. The highest BCUT2D eigenvalue weighted by atomic mass is 35.5. The number of aromatic amines is 1. The maximum absolute atomic E-state index is 12.1. The van der Waals surface area contributed by atoms with Crippen LogP contribution in [0.4, 0.5) is 4.79 Å². The lowest BCUT2D eigenvalue weighted by Gasteiger charge is -2.15. The fourth-order valence-corrected chi connectivity index (χ4v) is 3.43. The van der Waals surface area contributed by atoms with Crippen LogP contribution < -0.4 is 10.1 Å². The number of hydrogen-bond acceptors (Lipinski definition) is 4. The second-order valence-electron chi connectivity index (χ2n) is 6.63. The molecule has 3 heterocycles. The number of nitrogens with one attached hydrogen (secondary N) is 2. The summed E-state index contributed by atoms with van der Waals surface area (Å²) < 4.78 is 5.78. The first-order valence-electron chi connectivity index (χ1n) is 8.90. The van der Waals surface area contributed by atoms with Gasteiger partial charge in [-0.3, -0.25) is 0 Å². The Hall–Kier alpha value is -2.74. The summed E-state index contributed by atoms with van der Waals surface area (Å²) in [5.41, 5.74) is 2.55. The Labute approximate surface area is 161 Å². The molecule has 0 unspecified atom stereocenters. The number of ether oxygens (including phenoxy) is 1. The third kappa shape index (κ3) is 4.00. The highest BCUT2D eigenvalue weighted by Crippen LogP contribution is 2.31. The monoisotopic (exact) mass is 388 g/mol. The standard InChI is InChI=1S/C18H21ClN6O2/c1-24-21-10-14(23-24)11-27-17-8-16-12(7-15(17)19)6-13(22-16)9-20-18(26)25-4-2-3-5-25/h6-8,10,22H,2-5,9,11H2,1H3,(H,20,26). The number of H-pyrrole nitrogens is 1. The first-order valence-corrected chi connectivity index (χ1v) is 9.28. The summed E-state index contributed by atoms with van der Waals surface area (Å²) in [6, 6.07) is 5.68. The zero-order chi connectivity index (χ0) is 18.8. The molecule has 8 nitrogen and oxygen atoms in total. The van der Waals surface area contributed by atoms with E-state index < -0.39 is 0 Å². The number of carbonyl (C=O) groups is 1. The molecule has 2 N–H and O–H groups in total. The summed E-state index contributed by atoms with van der Waals surface area (Å²) >= 11 is 6.34. The normalized spacial score (nSPS) is 14.1. The maximum atomic E-state index is 12.1. The van der Waals surface area contributed by atoms with Crippen LogP contribution in [0.3, 0.4) is 0 Å². The van der Waals surface area contributed by atoms with Gasteiger partial charge < -0.3 is 19.9 Å². The number of aryl methyl sites for hydroxylation is 1. The lowest BCUT2D eigenvalue weighted by atomic mass is 10.2. The molecule has 4 rings (SSSR count). The van der Waals surface area contributed by atoms with Gasteiger partial charge in [-0.25, -0.2) is 4.79 Å². The van der Waals surface area contributed by atoms with Crippen LogP contribution in [0.5, 0.6) is 5.75 Å². The molecular weight excluding hydrogens is 368 g/mol. The van der Waals surface area contributed by atoms with E-state index >= 15 is 0 Å². The van der Waals surface area contributed by atoms with Gasteiger partial charge in [-0.15, -0.1) is 0 Å². The van der Waals surface area contributed by atoms with Crippen molar-refractivity contribution in [3.8, 4) is 5.75 Å². The topological polar surface area (TPSA) is 88.1 Å². The molecule has 1 aliphatic heterocycles. The van der Waals surface area contributed by atoms with E-state index in [2.05, 4.69) is 20.5 Å². The average molecular weight is 389 g/mol. The summed E-state index contributed by atoms with van der Waals surface area (Å²) in [4.78, 5) is 18.7. The molecule has 142 valence electrons. The number of hydrogen-bond donors (Lipinski definition) is 2. The number of urea groups is 1. The maximum Gasteiger partial charge on any atom is 0.317 e. The van der Waals surface area contributed by atoms with Crippen molar-refractivity contribution in [3.05, 3.63) is 40.8 Å². The van der Waals surface area contributed by atoms with Gasteiger partial charge in [-0.05, 0) is 25.0 Å². The van der Waals surface area contributed by atoms with Crippen molar-refractivity contribution in [3.63, 3.8) is 0 Å². The van der Waals surface area contributed by atoms with Gasteiger partial charge in [0.15, 0.2) is 0 Å². The zero-order valence-electron chi connectivity index (χ0n) is 15.0.